The standard InChI is InChI=1S/C20H21N7OS2/c1-29-17-12-6-5-11-16(17)23-18(28)14-30-20-26-25-19(27(20)21)24-22-13-7-10-15-8-3-2-4-9-15/h2-13H,14,21H2,1H3,(H,23,28)(H,24,25)/b10-7+,22-13+. The van der Waals surface area contributed by atoms with Crippen molar-refractivity contribution in [3.63, 3.8) is 0 Å². The molecule has 1 aromatic heterocycles. The summed E-state index contributed by atoms with van der Waals surface area (Å²) in [5.41, 5.74) is 4.58. The summed E-state index contributed by atoms with van der Waals surface area (Å²) >= 11 is 2.76. The highest BCUT2D eigenvalue weighted by atomic mass is 32.2. The number of para-hydroxylation sites is 1. The van der Waals surface area contributed by atoms with E-state index in [1.54, 1.807) is 24.1 Å². The van der Waals surface area contributed by atoms with Crippen molar-refractivity contribution in [2.45, 2.75) is 10.1 Å². The van der Waals surface area contributed by atoms with Crippen LogP contribution in [0.4, 0.5) is 11.6 Å². The van der Waals surface area contributed by atoms with Gasteiger partial charge in [0.2, 0.25) is 11.1 Å². The highest BCUT2D eigenvalue weighted by Gasteiger charge is 2.12. The van der Waals surface area contributed by atoms with Gasteiger partial charge in [-0.3, -0.25) is 4.79 Å². The van der Waals surface area contributed by atoms with Gasteiger partial charge in [-0.2, -0.15) is 5.10 Å². The minimum Gasteiger partial charge on any atom is -0.334 e. The zero-order valence-corrected chi connectivity index (χ0v) is 17.9. The van der Waals surface area contributed by atoms with Crippen LogP contribution in [0.2, 0.25) is 0 Å². The molecule has 0 saturated carbocycles. The molecule has 0 aliphatic heterocycles. The maximum absolute atomic E-state index is 12.2. The Kier molecular flexibility index (Phi) is 7.93. The van der Waals surface area contributed by atoms with E-state index < -0.39 is 0 Å². The van der Waals surface area contributed by atoms with E-state index in [0.29, 0.717) is 5.16 Å². The van der Waals surface area contributed by atoms with Gasteiger partial charge in [0, 0.05) is 11.1 Å². The van der Waals surface area contributed by atoms with Crippen molar-refractivity contribution in [2.24, 2.45) is 5.10 Å². The number of hydrazone groups is 1. The van der Waals surface area contributed by atoms with Crippen molar-refractivity contribution < 1.29 is 4.79 Å². The van der Waals surface area contributed by atoms with Gasteiger partial charge in [-0.15, -0.1) is 22.0 Å². The third-order valence-electron chi connectivity index (χ3n) is 3.79. The number of hydrogen-bond donors (Lipinski definition) is 3. The van der Waals surface area contributed by atoms with Crippen LogP contribution in [0.15, 0.2) is 75.8 Å². The molecule has 10 heteroatoms. The molecule has 0 unspecified atom stereocenters. The molecule has 0 atom stereocenters. The van der Waals surface area contributed by atoms with E-state index in [2.05, 4.69) is 26.0 Å². The first-order chi connectivity index (χ1) is 14.7. The smallest absolute Gasteiger partial charge is 0.264 e. The van der Waals surface area contributed by atoms with Crippen molar-refractivity contribution in [3.05, 3.63) is 66.2 Å². The molecule has 8 nitrogen and oxygen atoms in total. The molecule has 0 fully saturated rings. The van der Waals surface area contributed by atoms with Crippen molar-refractivity contribution in [2.75, 3.05) is 28.6 Å². The van der Waals surface area contributed by atoms with E-state index in [-0.39, 0.29) is 17.6 Å². The average molecular weight is 440 g/mol. The summed E-state index contributed by atoms with van der Waals surface area (Å²) < 4.78 is 1.26. The number of hydrogen-bond acceptors (Lipinski definition) is 8. The molecular formula is C20H21N7OS2. The molecular weight excluding hydrogens is 418 g/mol. The molecule has 0 aliphatic carbocycles. The van der Waals surface area contributed by atoms with E-state index in [4.69, 9.17) is 5.84 Å². The summed E-state index contributed by atoms with van der Waals surface area (Å²) in [5, 5.41) is 15.3. The normalized spacial score (nSPS) is 11.2. The van der Waals surface area contributed by atoms with Crippen LogP contribution in [0.25, 0.3) is 6.08 Å². The van der Waals surface area contributed by atoms with Crippen LogP contribution in [-0.4, -0.2) is 39.0 Å². The summed E-state index contributed by atoms with van der Waals surface area (Å²) in [4.78, 5) is 13.2. The van der Waals surface area contributed by atoms with Gasteiger partial charge < -0.3 is 11.2 Å². The van der Waals surface area contributed by atoms with Gasteiger partial charge in [0.25, 0.3) is 5.95 Å². The summed E-state index contributed by atoms with van der Waals surface area (Å²) in [6.07, 6.45) is 7.27. The van der Waals surface area contributed by atoms with Gasteiger partial charge >= 0.3 is 0 Å². The van der Waals surface area contributed by atoms with Crippen LogP contribution in [0.1, 0.15) is 5.56 Å². The third kappa shape index (κ3) is 6.13. The van der Waals surface area contributed by atoms with E-state index in [9.17, 15) is 4.79 Å². The van der Waals surface area contributed by atoms with Crippen molar-refractivity contribution in [3.8, 4) is 0 Å². The van der Waals surface area contributed by atoms with Crippen LogP contribution in [0.3, 0.4) is 0 Å². The average Bonchev–Trinajstić information content (AvgIpc) is 3.12. The maximum Gasteiger partial charge on any atom is 0.264 e. The molecule has 3 aromatic rings. The number of allylic oxidation sites excluding steroid dienone is 1. The van der Waals surface area contributed by atoms with Gasteiger partial charge in [-0.05, 0) is 30.0 Å². The molecule has 1 heterocycles. The van der Waals surface area contributed by atoms with Gasteiger partial charge in [-0.1, -0.05) is 60.3 Å². The van der Waals surface area contributed by atoms with Crippen LogP contribution >= 0.6 is 23.5 Å². The molecule has 0 bridgehead atoms. The molecule has 30 heavy (non-hydrogen) atoms. The number of benzene rings is 2. The largest absolute Gasteiger partial charge is 0.334 e. The quantitative estimate of drug-likeness (QED) is 0.202. The molecule has 0 saturated heterocycles. The maximum atomic E-state index is 12.2. The van der Waals surface area contributed by atoms with Crippen LogP contribution < -0.4 is 16.6 Å². The van der Waals surface area contributed by atoms with E-state index in [1.807, 2.05) is 66.9 Å². The van der Waals surface area contributed by atoms with Crippen molar-refractivity contribution >= 4 is 53.4 Å². The number of nitrogens with one attached hydrogen (secondary N) is 2. The van der Waals surface area contributed by atoms with E-state index in [0.717, 1.165) is 16.1 Å². The number of carbonyl (C=O) groups is 1. The fourth-order valence-corrected chi connectivity index (χ4v) is 3.58. The number of nitrogen functional groups attached to an aromatic ring is 1. The Labute approximate surface area is 183 Å². The first-order valence-electron chi connectivity index (χ1n) is 8.94. The fourth-order valence-electron chi connectivity index (χ4n) is 2.37. The number of nitrogens with zero attached hydrogens (tertiary/aromatic N) is 4. The lowest BCUT2D eigenvalue weighted by Crippen LogP contribution is -2.17. The lowest BCUT2D eigenvalue weighted by Gasteiger charge is -2.08. The van der Waals surface area contributed by atoms with Crippen molar-refractivity contribution in [1.82, 2.24) is 14.9 Å². The van der Waals surface area contributed by atoms with Gasteiger partial charge in [-0.25, -0.2) is 10.1 Å². The van der Waals surface area contributed by atoms with E-state index >= 15 is 0 Å². The predicted octanol–water partition coefficient (Wildman–Crippen LogP) is 3.56. The number of aromatic nitrogens is 3. The fraction of sp³-hybridized carbons (Fsp3) is 0.100. The SMILES string of the molecule is CSc1ccccc1NC(=O)CSc1nnc(N/N=C/C=C/c2ccccc2)n1N. The Morgan fingerprint density at radius 3 is 2.73 bits per heavy atom. The Bertz CT molecular complexity index is 1030. The van der Waals surface area contributed by atoms with E-state index in [1.165, 1.54) is 16.4 Å². The van der Waals surface area contributed by atoms with Gasteiger partial charge in [0.15, 0.2) is 0 Å². The topological polar surface area (TPSA) is 110 Å². The number of rotatable bonds is 9. The predicted molar refractivity (Wildman–Crippen MR) is 125 cm³/mol. The number of thioether (sulfide) groups is 2. The van der Waals surface area contributed by atoms with Gasteiger partial charge in [0.05, 0.1) is 11.4 Å². The molecule has 4 N–H and O–H groups in total. The molecule has 3 rings (SSSR count). The second-order valence-corrected chi connectivity index (χ2v) is 7.66. The first-order valence-corrected chi connectivity index (χ1v) is 11.2. The summed E-state index contributed by atoms with van der Waals surface area (Å²) in [7, 11) is 0. The zero-order chi connectivity index (χ0) is 21.2. The second-order valence-electron chi connectivity index (χ2n) is 5.87. The minimum atomic E-state index is -0.150. The second kappa shape index (κ2) is 11.1. The highest BCUT2D eigenvalue weighted by Crippen LogP contribution is 2.25. The molecule has 0 radical (unpaired) electrons. The number of carbonyl (C=O) groups excluding carboxylic acids is 1. The van der Waals surface area contributed by atoms with Crippen LogP contribution in [-0.2, 0) is 4.79 Å². The Morgan fingerprint density at radius 1 is 1.17 bits per heavy atom. The Hall–Kier alpha value is -3.24. The zero-order valence-electron chi connectivity index (χ0n) is 16.2. The number of nitrogens with two attached hydrogens (primary N) is 1. The monoisotopic (exact) mass is 439 g/mol. The summed E-state index contributed by atoms with van der Waals surface area (Å²) in [6.45, 7) is 0. The lowest BCUT2D eigenvalue weighted by molar-refractivity contribution is -0.113. The summed E-state index contributed by atoms with van der Waals surface area (Å²) in [6, 6.07) is 17.5. The van der Waals surface area contributed by atoms with Crippen LogP contribution in [0, 0.1) is 0 Å². The Morgan fingerprint density at radius 2 is 1.93 bits per heavy atom. The molecule has 1 amide bonds. The number of anilines is 2. The first kappa shape index (κ1) is 21.5. The van der Waals surface area contributed by atoms with Gasteiger partial charge in [0.1, 0.15) is 0 Å². The third-order valence-corrected chi connectivity index (χ3v) is 5.53. The highest BCUT2D eigenvalue weighted by molar-refractivity contribution is 7.99. The molecule has 0 spiro atoms. The molecule has 0 aliphatic rings. The lowest BCUT2D eigenvalue weighted by atomic mass is 10.2. The van der Waals surface area contributed by atoms with Crippen molar-refractivity contribution in [1.29, 1.82) is 0 Å². The number of amides is 1. The summed E-state index contributed by atoms with van der Waals surface area (Å²) in [5.74, 6) is 6.25. The molecule has 2 aromatic carbocycles. The minimum absolute atomic E-state index is 0.150. The Balaban J connectivity index is 1.49. The van der Waals surface area contributed by atoms with Crippen LogP contribution in [0.5, 0.6) is 0 Å². The molecule has 154 valence electrons.